The molecule has 0 saturated carbocycles. The Morgan fingerprint density at radius 2 is 1.60 bits per heavy atom. The normalized spacial score (nSPS) is 30.7. The van der Waals surface area contributed by atoms with Gasteiger partial charge in [0, 0.05) is 61.2 Å². The number of carbonyl (C=O) groups excluding carboxylic acids is 4. The van der Waals surface area contributed by atoms with Crippen molar-refractivity contribution in [1.29, 1.82) is 0 Å². The van der Waals surface area contributed by atoms with Crippen molar-refractivity contribution in [3.8, 4) is 23.0 Å². The molecular formula is C38H47NO13. The molecule has 0 fully saturated rings. The van der Waals surface area contributed by atoms with Gasteiger partial charge in [-0.15, -0.1) is 0 Å². The fraction of sp³-hybridized carbons (Fsp3) is 0.474. The summed E-state index contributed by atoms with van der Waals surface area (Å²) < 4.78 is 23.1. The second-order valence-electron chi connectivity index (χ2n) is 13.7. The Kier molecular flexibility index (Phi) is 11.8. The van der Waals surface area contributed by atoms with Crippen LogP contribution in [-0.2, 0) is 23.8 Å². The minimum absolute atomic E-state index is 0.00425. The highest BCUT2D eigenvalue weighted by atomic mass is 16.7. The second kappa shape index (κ2) is 15.4. The van der Waals surface area contributed by atoms with E-state index in [2.05, 4.69) is 5.32 Å². The Bertz CT molecular complexity index is 1860. The third-order valence-electron chi connectivity index (χ3n) is 10.2. The minimum atomic E-state index is -2.08. The molecule has 0 saturated heterocycles. The number of esters is 1. The predicted octanol–water partition coefficient (Wildman–Crippen LogP) is 4.57. The number of anilines is 1. The fourth-order valence-electron chi connectivity index (χ4n) is 6.86. The van der Waals surface area contributed by atoms with E-state index in [0.717, 1.165) is 6.26 Å². The van der Waals surface area contributed by atoms with E-state index in [9.17, 15) is 44.7 Å². The summed E-state index contributed by atoms with van der Waals surface area (Å²) in [5.41, 5.74) is -1.27. The van der Waals surface area contributed by atoms with Gasteiger partial charge in [-0.05, 0) is 19.9 Å². The lowest BCUT2D eigenvalue weighted by Gasteiger charge is -2.38. The number of methoxy groups -OCH3 is 1. The number of hydrogen-bond acceptors (Lipinski definition) is 13. The van der Waals surface area contributed by atoms with Crippen molar-refractivity contribution >= 4 is 40.4 Å². The molecule has 3 aliphatic heterocycles. The number of aldehydes is 1. The van der Waals surface area contributed by atoms with Crippen molar-refractivity contribution in [2.75, 3.05) is 12.4 Å². The molecule has 2 aromatic rings. The van der Waals surface area contributed by atoms with Gasteiger partial charge in [0.25, 0.3) is 11.7 Å². The number of nitrogens with one attached hydrogen (secondary N) is 1. The van der Waals surface area contributed by atoms with E-state index in [1.165, 1.54) is 53.0 Å². The number of carbonyl (C=O) groups is 4. The van der Waals surface area contributed by atoms with E-state index in [-0.39, 0.29) is 28.7 Å². The molecule has 14 nitrogen and oxygen atoms in total. The molecule has 0 spiro atoms. The van der Waals surface area contributed by atoms with Crippen molar-refractivity contribution in [3.63, 3.8) is 0 Å². The lowest BCUT2D eigenvalue weighted by molar-refractivity contribution is -0.160. The van der Waals surface area contributed by atoms with Gasteiger partial charge in [0.15, 0.2) is 12.0 Å². The van der Waals surface area contributed by atoms with Crippen LogP contribution in [0.4, 0.5) is 5.69 Å². The maximum absolute atomic E-state index is 14.0. The topological polar surface area (TPSA) is 218 Å². The minimum Gasteiger partial charge on any atom is -0.507 e. The van der Waals surface area contributed by atoms with E-state index in [4.69, 9.17) is 18.9 Å². The number of amides is 1. The highest BCUT2D eigenvalue weighted by Gasteiger charge is 2.50. The molecule has 5 bridgehead atoms. The monoisotopic (exact) mass is 725 g/mol. The molecule has 2 aromatic carbocycles. The van der Waals surface area contributed by atoms with Crippen LogP contribution in [0.3, 0.4) is 0 Å². The van der Waals surface area contributed by atoms with Crippen LogP contribution >= 0.6 is 0 Å². The summed E-state index contributed by atoms with van der Waals surface area (Å²) in [5.74, 6) is -9.19. The summed E-state index contributed by atoms with van der Waals surface area (Å²) in [7, 11) is 1.41. The maximum atomic E-state index is 14.0. The average Bonchev–Trinajstić information content (AvgIpc) is 3.36. The number of aliphatic hydroxyl groups is 2. The molecular weight excluding hydrogens is 678 g/mol. The van der Waals surface area contributed by atoms with Gasteiger partial charge in [0.1, 0.15) is 23.4 Å². The first-order chi connectivity index (χ1) is 24.3. The number of fused-ring (bicyclic) bond motifs is 14. The Balaban J connectivity index is 1.93. The molecule has 0 unspecified atom stereocenters. The van der Waals surface area contributed by atoms with Crippen LogP contribution in [0.25, 0.3) is 10.8 Å². The fourth-order valence-corrected chi connectivity index (χ4v) is 6.86. The van der Waals surface area contributed by atoms with Crippen LogP contribution in [0, 0.1) is 30.6 Å². The van der Waals surface area contributed by atoms with Gasteiger partial charge in [0.05, 0.1) is 46.8 Å². The number of hydrogen-bond donors (Lipinski definition) is 6. The van der Waals surface area contributed by atoms with Crippen LogP contribution < -0.4 is 10.1 Å². The van der Waals surface area contributed by atoms with Gasteiger partial charge < -0.3 is 49.8 Å². The molecule has 52 heavy (non-hydrogen) atoms. The molecule has 3 heterocycles. The first kappa shape index (κ1) is 39.9. The summed E-state index contributed by atoms with van der Waals surface area (Å²) in [6.45, 7) is 12.2. The van der Waals surface area contributed by atoms with E-state index in [1.54, 1.807) is 33.8 Å². The summed E-state index contributed by atoms with van der Waals surface area (Å²) >= 11 is 0. The van der Waals surface area contributed by atoms with Crippen molar-refractivity contribution in [3.05, 3.63) is 52.8 Å². The summed E-state index contributed by atoms with van der Waals surface area (Å²) in [6, 6.07) is 0. The number of phenols is 3. The van der Waals surface area contributed by atoms with Crippen LogP contribution in [0.1, 0.15) is 74.7 Å². The molecule has 3 aliphatic rings. The molecule has 0 radical (unpaired) electrons. The number of aromatic hydroxyl groups is 3. The number of rotatable bonds is 3. The highest BCUT2D eigenvalue weighted by Crippen LogP contribution is 2.55. The molecule has 9 atom stereocenters. The maximum Gasteiger partial charge on any atom is 0.312 e. The average molecular weight is 726 g/mol. The zero-order valence-electron chi connectivity index (χ0n) is 30.6. The van der Waals surface area contributed by atoms with E-state index in [0.29, 0.717) is 0 Å². The van der Waals surface area contributed by atoms with Crippen molar-refractivity contribution in [1.82, 2.24) is 0 Å². The van der Waals surface area contributed by atoms with Crippen molar-refractivity contribution in [2.45, 2.75) is 85.6 Å². The first-order valence-corrected chi connectivity index (χ1v) is 16.9. The lowest BCUT2D eigenvalue weighted by atomic mass is 9.78. The number of benzene rings is 2. The molecule has 1 amide bonds. The summed E-state index contributed by atoms with van der Waals surface area (Å²) in [5, 5.41) is 58.2. The first-order valence-electron chi connectivity index (χ1n) is 16.9. The van der Waals surface area contributed by atoms with Crippen molar-refractivity contribution < 1.29 is 63.7 Å². The van der Waals surface area contributed by atoms with E-state index in [1.807, 2.05) is 0 Å². The molecule has 0 aliphatic carbocycles. The van der Waals surface area contributed by atoms with Crippen LogP contribution in [0.2, 0.25) is 0 Å². The Morgan fingerprint density at radius 1 is 0.942 bits per heavy atom. The lowest BCUT2D eigenvalue weighted by Crippen LogP contribution is -2.46. The molecule has 0 aromatic heterocycles. The Hall–Kier alpha value is -4.92. The third-order valence-corrected chi connectivity index (χ3v) is 10.2. The van der Waals surface area contributed by atoms with Gasteiger partial charge >= 0.3 is 11.8 Å². The van der Waals surface area contributed by atoms with Gasteiger partial charge in [-0.1, -0.05) is 45.9 Å². The largest absolute Gasteiger partial charge is 0.507 e. The van der Waals surface area contributed by atoms with Crippen LogP contribution in [0.15, 0.2) is 36.1 Å². The second-order valence-corrected chi connectivity index (χ2v) is 13.7. The Labute approximate surface area is 301 Å². The standard InChI is InChI=1S/C38H47NO13/c1-16-11-10-12-17(2)37(48)39-28-23(15-40)32(45)25-26(33(28)46)31(44)21(6)35-27(25)36(47)38(8,52-35)50-14-13-24(49-9)18(3)34(51-22(7)41)20(5)30(43)19(4)29(16)42/h10-16,18-20,24,29-30,34,42-46H,1-9H3,(H,39,48)/b11-10?,14-13+,17-12?/t16-,18+,19+,20+,24-,29-,30+,34+,38-/m0/s1. The quantitative estimate of drug-likeness (QED) is 0.111. The highest BCUT2D eigenvalue weighted by molar-refractivity contribution is 6.23. The third kappa shape index (κ3) is 7.10. The van der Waals surface area contributed by atoms with Gasteiger partial charge in [-0.3, -0.25) is 19.2 Å². The predicted molar refractivity (Wildman–Crippen MR) is 189 cm³/mol. The summed E-state index contributed by atoms with van der Waals surface area (Å²) in [6.07, 6.45) is 3.41. The summed E-state index contributed by atoms with van der Waals surface area (Å²) in [4.78, 5) is 51.8. The van der Waals surface area contributed by atoms with Gasteiger partial charge in [0.2, 0.25) is 0 Å². The molecule has 14 heteroatoms. The van der Waals surface area contributed by atoms with Gasteiger partial charge in [-0.2, -0.15) is 0 Å². The number of ether oxygens (including phenoxy) is 4. The smallest absolute Gasteiger partial charge is 0.312 e. The van der Waals surface area contributed by atoms with Crippen molar-refractivity contribution in [2.24, 2.45) is 23.7 Å². The number of aliphatic hydroxyl groups excluding tert-OH is 2. The van der Waals surface area contributed by atoms with Gasteiger partial charge in [-0.25, -0.2) is 0 Å². The zero-order chi connectivity index (χ0) is 39.0. The molecule has 5 rings (SSSR count). The Morgan fingerprint density at radius 3 is 2.19 bits per heavy atom. The molecule has 282 valence electrons. The van der Waals surface area contributed by atoms with Crippen LogP contribution in [-0.4, -0.2) is 86.8 Å². The SMILES string of the molecule is CO[C@H]1/C=C/O[C@@]2(C)Oc3c(C)c(O)c4c(O)c(c(C=O)c(O)c4c3C2=O)NC(=O)C(C)=CC=C[C@H](C)[C@H](O)[C@@H](C)[C@@H](O)[C@@H](C)[C@H](OC(C)=O)[C@@H]1C. The zero-order valence-corrected chi connectivity index (χ0v) is 30.6. The number of phenolic OH excluding ortho intramolecular Hbond substituents is 3. The number of ketones is 1. The number of Topliss-reactive ketones (excluding diaryl/α,β-unsaturated/α-hetero) is 1. The number of allylic oxidation sites excluding steroid dienone is 2. The van der Waals surface area contributed by atoms with E-state index < -0.39 is 111 Å². The molecule has 6 N–H and O–H groups in total. The van der Waals surface area contributed by atoms with E-state index >= 15 is 0 Å². The van der Waals surface area contributed by atoms with Crippen LogP contribution in [0.5, 0.6) is 23.0 Å².